The lowest BCUT2D eigenvalue weighted by Gasteiger charge is -2.32. The van der Waals surface area contributed by atoms with Crippen LogP contribution in [0.25, 0.3) is 0 Å². The quantitative estimate of drug-likeness (QED) is 0.800. The predicted octanol–water partition coefficient (Wildman–Crippen LogP) is 2.70. The largest absolute Gasteiger partial charge is 0.496 e. The lowest BCUT2D eigenvalue weighted by molar-refractivity contribution is 0.00578. The van der Waals surface area contributed by atoms with Crippen LogP contribution in [0.15, 0.2) is 18.2 Å². The third-order valence-corrected chi connectivity index (χ3v) is 4.41. The molecule has 0 bridgehead atoms. The van der Waals surface area contributed by atoms with Gasteiger partial charge in [-0.15, -0.1) is 0 Å². The van der Waals surface area contributed by atoms with Crippen molar-refractivity contribution in [2.24, 2.45) is 0 Å². The Labute approximate surface area is 127 Å². The van der Waals surface area contributed by atoms with Gasteiger partial charge >= 0.3 is 7.12 Å². The molecule has 0 radical (unpaired) electrons. The van der Waals surface area contributed by atoms with Gasteiger partial charge in [-0.1, -0.05) is 23.7 Å². The van der Waals surface area contributed by atoms with Crippen LogP contribution in [0.2, 0.25) is 5.02 Å². The molecule has 110 valence electrons. The average molecular weight is 296 g/mol. The zero-order valence-corrected chi connectivity index (χ0v) is 13.9. The summed E-state index contributed by atoms with van der Waals surface area (Å²) in [6.07, 6.45) is 0. The van der Waals surface area contributed by atoms with Crippen molar-refractivity contribution in [3.05, 3.63) is 28.8 Å². The van der Waals surface area contributed by atoms with E-state index in [9.17, 15) is 0 Å². The van der Waals surface area contributed by atoms with Crippen LogP contribution in [0.4, 0.5) is 0 Å². The molecule has 1 aromatic carbocycles. The normalized spacial score (nSPS) is 20.7. The van der Waals surface area contributed by atoms with Crippen LogP contribution >= 0.6 is 11.6 Å². The Balaban J connectivity index is 2.30. The minimum Gasteiger partial charge on any atom is -0.399 e. The van der Waals surface area contributed by atoms with Gasteiger partial charge in [-0.2, -0.15) is 0 Å². The summed E-state index contributed by atoms with van der Waals surface area (Å²) >= 11 is 6.33. The summed E-state index contributed by atoms with van der Waals surface area (Å²) in [6, 6.07) is 6.03. The van der Waals surface area contributed by atoms with Crippen LogP contribution in [-0.4, -0.2) is 37.3 Å². The lowest BCUT2D eigenvalue weighted by atomic mass is 9.78. The minimum atomic E-state index is -0.408. The Morgan fingerprint density at radius 1 is 1.10 bits per heavy atom. The van der Waals surface area contributed by atoms with E-state index in [0.717, 1.165) is 12.0 Å². The first-order valence-corrected chi connectivity index (χ1v) is 7.29. The van der Waals surface area contributed by atoms with E-state index < -0.39 is 7.12 Å². The molecule has 0 aromatic heterocycles. The Morgan fingerprint density at radius 3 is 2.15 bits per heavy atom. The van der Waals surface area contributed by atoms with Crippen molar-refractivity contribution in [2.45, 2.75) is 45.4 Å². The second kappa shape index (κ2) is 5.34. The first-order valence-electron chi connectivity index (χ1n) is 6.91. The predicted molar refractivity (Wildman–Crippen MR) is 84.6 cm³/mol. The molecule has 0 atom stereocenters. The second-order valence-corrected chi connectivity index (χ2v) is 7.09. The van der Waals surface area contributed by atoms with Crippen LogP contribution < -0.4 is 5.46 Å². The molecule has 1 heterocycles. The molecule has 1 saturated heterocycles. The Kier molecular flexibility index (Phi) is 4.23. The highest BCUT2D eigenvalue weighted by Crippen LogP contribution is 2.37. The average Bonchev–Trinajstić information content (AvgIpc) is 2.50. The molecule has 0 spiro atoms. The summed E-state index contributed by atoms with van der Waals surface area (Å²) in [6.45, 7) is 9.05. The van der Waals surface area contributed by atoms with Gasteiger partial charge in [0.15, 0.2) is 0 Å². The molecule has 0 saturated carbocycles. The number of benzene rings is 1. The highest BCUT2D eigenvalue weighted by atomic mass is 35.5. The lowest BCUT2D eigenvalue weighted by Crippen LogP contribution is -2.41. The third kappa shape index (κ3) is 3.04. The van der Waals surface area contributed by atoms with Gasteiger partial charge in [0, 0.05) is 17.0 Å². The molecule has 0 amide bonds. The van der Waals surface area contributed by atoms with Crippen LogP contribution in [0, 0.1) is 0 Å². The molecule has 1 fully saturated rings. The van der Waals surface area contributed by atoms with Crippen molar-refractivity contribution < 1.29 is 9.31 Å². The van der Waals surface area contributed by atoms with Gasteiger partial charge in [-0.05, 0) is 53.4 Å². The zero-order chi connectivity index (χ0) is 15.1. The minimum absolute atomic E-state index is 0.349. The molecule has 1 aliphatic heterocycles. The van der Waals surface area contributed by atoms with Crippen molar-refractivity contribution in [3.8, 4) is 0 Å². The van der Waals surface area contributed by atoms with Gasteiger partial charge in [0.2, 0.25) is 0 Å². The molecule has 0 aliphatic carbocycles. The number of hydrogen-bond acceptors (Lipinski definition) is 3. The maximum absolute atomic E-state index is 6.33. The van der Waals surface area contributed by atoms with Crippen molar-refractivity contribution in [2.75, 3.05) is 14.1 Å². The van der Waals surface area contributed by atoms with Crippen molar-refractivity contribution in [1.29, 1.82) is 0 Å². The van der Waals surface area contributed by atoms with E-state index in [1.54, 1.807) is 0 Å². The second-order valence-electron chi connectivity index (χ2n) is 6.68. The number of nitrogens with zero attached hydrogens (tertiary/aromatic N) is 1. The fourth-order valence-electron chi connectivity index (χ4n) is 2.21. The summed E-state index contributed by atoms with van der Waals surface area (Å²) in [7, 11) is 3.68. The standard InChI is InChI=1S/C15H23BClNO2/c1-14(2)15(3,4)20-16(19-14)12-9-11(10-18(5)6)7-8-13(12)17/h7-9H,10H2,1-6H3. The van der Waals surface area contributed by atoms with Crippen molar-refractivity contribution >= 4 is 24.2 Å². The monoisotopic (exact) mass is 295 g/mol. The van der Waals surface area contributed by atoms with E-state index in [4.69, 9.17) is 20.9 Å². The Bertz CT molecular complexity index is 487. The summed E-state index contributed by atoms with van der Waals surface area (Å²) < 4.78 is 12.1. The van der Waals surface area contributed by atoms with Crippen LogP contribution in [-0.2, 0) is 15.9 Å². The van der Waals surface area contributed by atoms with E-state index in [2.05, 4.69) is 11.0 Å². The summed E-state index contributed by atoms with van der Waals surface area (Å²) in [5, 5.41) is 0.686. The number of rotatable bonds is 3. The first-order chi connectivity index (χ1) is 9.12. The molecule has 20 heavy (non-hydrogen) atoms. The summed E-state index contributed by atoms with van der Waals surface area (Å²) in [5.41, 5.74) is 1.41. The highest BCUT2D eigenvalue weighted by Gasteiger charge is 2.52. The molecule has 3 nitrogen and oxygen atoms in total. The highest BCUT2D eigenvalue weighted by molar-refractivity contribution is 6.65. The topological polar surface area (TPSA) is 21.7 Å². The zero-order valence-electron chi connectivity index (χ0n) is 13.2. The van der Waals surface area contributed by atoms with Gasteiger partial charge in [0.25, 0.3) is 0 Å². The Morgan fingerprint density at radius 2 is 1.65 bits per heavy atom. The molecular formula is C15H23BClNO2. The van der Waals surface area contributed by atoms with Crippen molar-refractivity contribution in [1.82, 2.24) is 4.90 Å². The first kappa shape index (κ1) is 15.8. The molecule has 1 aliphatic rings. The molecule has 5 heteroatoms. The molecular weight excluding hydrogens is 272 g/mol. The Hall–Kier alpha value is -0.545. The molecule has 0 unspecified atom stereocenters. The number of halogens is 1. The molecule has 0 N–H and O–H groups in total. The van der Waals surface area contributed by atoms with Gasteiger partial charge in [0.05, 0.1) is 11.2 Å². The van der Waals surface area contributed by atoms with E-state index in [0.29, 0.717) is 5.02 Å². The maximum atomic E-state index is 6.33. The fourth-order valence-corrected chi connectivity index (χ4v) is 2.41. The van der Waals surface area contributed by atoms with Crippen molar-refractivity contribution in [3.63, 3.8) is 0 Å². The smallest absolute Gasteiger partial charge is 0.399 e. The SMILES string of the molecule is CN(C)Cc1ccc(Cl)c(B2OC(C)(C)C(C)(C)O2)c1. The van der Waals surface area contributed by atoms with Crippen LogP contribution in [0.5, 0.6) is 0 Å². The maximum Gasteiger partial charge on any atom is 0.496 e. The van der Waals surface area contributed by atoms with Crippen LogP contribution in [0.1, 0.15) is 33.3 Å². The van der Waals surface area contributed by atoms with E-state index in [1.165, 1.54) is 5.56 Å². The number of hydrogen-bond donors (Lipinski definition) is 0. The summed E-state index contributed by atoms with van der Waals surface area (Å²) in [4.78, 5) is 2.12. The van der Waals surface area contributed by atoms with Gasteiger partial charge < -0.3 is 14.2 Å². The molecule has 1 aromatic rings. The van der Waals surface area contributed by atoms with E-state index in [1.807, 2.05) is 53.9 Å². The van der Waals surface area contributed by atoms with Gasteiger partial charge in [-0.25, -0.2) is 0 Å². The van der Waals surface area contributed by atoms with Gasteiger partial charge in [-0.3, -0.25) is 0 Å². The van der Waals surface area contributed by atoms with E-state index >= 15 is 0 Å². The molecule has 2 rings (SSSR count). The van der Waals surface area contributed by atoms with Gasteiger partial charge in [0.1, 0.15) is 0 Å². The fraction of sp³-hybridized carbons (Fsp3) is 0.600. The van der Waals surface area contributed by atoms with E-state index in [-0.39, 0.29) is 11.2 Å². The summed E-state index contributed by atoms with van der Waals surface area (Å²) in [5.74, 6) is 0. The van der Waals surface area contributed by atoms with Crippen LogP contribution in [0.3, 0.4) is 0 Å². The third-order valence-electron chi connectivity index (χ3n) is 4.07.